The van der Waals surface area contributed by atoms with Crippen LogP contribution in [0, 0.1) is 0 Å². The molecule has 0 saturated carbocycles. The predicted molar refractivity (Wildman–Crippen MR) is 88.4 cm³/mol. The van der Waals surface area contributed by atoms with Crippen LogP contribution in [-0.2, 0) is 4.79 Å². The smallest absolute Gasteiger partial charge is 0.268 e. The monoisotopic (exact) mass is 378 g/mol. The minimum atomic E-state index is -0.513. The number of carbonyl (C=O) groups is 2. The van der Waals surface area contributed by atoms with Crippen molar-refractivity contribution in [2.45, 2.75) is 0 Å². The van der Waals surface area contributed by atoms with Crippen molar-refractivity contribution in [1.82, 2.24) is 10.6 Å². The van der Waals surface area contributed by atoms with E-state index in [0.29, 0.717) is 11.3 Å². The molecule has 0 atom stereocenters. The average Bonchev–Trinajstić information content (AvgIpc) is 3.05. The topological polar surface area (TPSA) is 91.6 Å². The summed E-state index contributed by atoms with van der Waals surface area (Å²) in [5, 5.41) is 13.8. The van der Waals surface area contributed by atoms with Crippen LogP contribution in [0.5, 0.6) is 0 Å². The van der Waals surface area contributed by atoms with E-state index in [1.165, 1.54) is 12.3 Å². The number of carbonyl (C=O) groups excluding carboxylic acids is 2. The third-order valence-electron chi connectivity index (χ3n) is 2.83. The van der Waals surface area contributed by atoms with Crippen molar-refractivity contribution in [1.29, 1.82) is 0 Å². The highest BCUT2D eigenvalue weighted by Gasteiger charge is 2.14. The van der Waals surface area contributed by atoms with Gasteiger partial charge in [0.05, 0.1) is 12.9 Å². The molecule has 0 aliphatic rings. The van der Waals surface area contributed by atoms with Gasteiger partial charge in [-0.25, -0.2) is 0 Å². The first-order chi connectivity index (χ1) is 11.1. The SMILES string of the molecule is O=C(NCCO)C(=Cc1ccco1)NC(=O)c1ccc(Br)cc1. The van der Waals surface area contributed by atoms with E-state index >= 15 is 0 Å². The van der Waals surface area contributed by atoms with Crippen LogP contribution >= 0.6 is 15.9 Å². The summed E-state index contributed by atoms with van der Waals surface area (Å²) in [6, 6.07) is 10.1. The maximum Gasteiger partial charge on any atom is 0.268 e. The summed E-state index contributed by atoms with van der Waals surface area (Å²) < 4.78 is 6.01. The van der Waals surface area contributed by atoms with Gasteiger partial charge in [0.25, 0.3) is 11.8 Å². The van der Waals surface area contributed by atoms with E-state index in [9.17, 15) is 9.59 Å². The molecule has 0 aliphatic carbocycles. The Morgan fingerprint density at radius 1 is 1.22 bits per heavy atom. The normalized spacial score (nSPS) is 11.1. The van der Waals surface area contributed by atoms with Crippen molar-refractivity contribution >= 4 is 33.8 Å². The van der Waals surface area contributed by atoms with Gasteiger partial charge in [-0.05, 0) is 36.4 Å². The van der Waals surface area contributed by atoms with E-state index in [1.54, 1.807) is 36.4 Å². The molecular formula is C16H15BrN2O4. The second-order valence-electron chi connectivity index (χ2n) is 4.51. The molecule has 0 aliphatic heterocycles. The zero-order valence-electron chi connectivity index (χ0n) is 12.1. The lowest BCUT2D eigenvalue weighted by Gasteiger charge is -2.10. The summed E-state index contributed by atoms with van der Waals surface area (Å²) in [6.07, 6.45) is 2.88. The Kier molecular flexibility index (Phi) is 6.13. The molecule has 1 aromatic heterocycles. The summed E-state index contributed by atoms with van der Waals surface area (Å²) in [5.41, 5.74) is 0.440. The summed E-state index contributed by atoms with van der Waals surface area (Å²) in [7, 11) is 0. The van der Waals surface area contributed by atoms with E-state index in [2.05, 4.69) is 26.6 Å². The van der Waals surface area contributed by atoms with Gasteiger partial charge in [-0.1, -0.05) is 15.9 Å². The van der Waals surface area contributed by atoms with E-state index in [1.807, 2.05) is 0 Å². The van der Waals surface area contributed by atoms with Crippen molar-refractivity contribution in [2.24, 2.45) is 0 Å². The minimum Gasteiger partial charge on any atom is -0.465 e. The molecule has 1 heterocycles. The standard InChI is InChI=1S/C16H15BrN2O4/c17-12-5-3-11(4-6-12)15(21)19-14(16(22)18-7-8-20)10-13-2-1-9-23-13/h1-6,9-10,20H,7-8H2,(H,18,22)(H,19,21). The molecule has 0 radical (unpaired) electrons. The molecule has 2 aromatic rings. The lowest BCUT2D eigenvalue weighted by Crippen LogP contribution is -2.36. The van der Waals surface area contributed by atoms with Crippen LogP contribution in [0.1, 0.15) is 16.1 Å². The van der Waals surface area contributed by atoms with E-state index in [-0.39, 0.29) is 18.8 Å². The highest BCUT2D eigenvalue weighted by Crippen LogP contribution is 2.11. The Balaban J connectivity index is 2.18. The lowest BCUT2D eigenvalue weighted by molar-refractivity contribution is -0.117. The summed E-state index contributed by atoms with van der Waals surface area (Å²) in [6.45, 7) is -0.108. The van der Waals surface area contributed by atoms with Gasteiger partial charge in [0.15, 0.2) is 0 Å². The van der Waals surface area contributed by atoms with Gasteiger partial charge < -0.3 is 20.2 Å². The molecular weight excluding hydrogens is 364 g/mol. The number of halogens is 1. The maximum atomic E-state index is 12.2. The Labute approximate surface area is 141 Å². The molecule has 6 nitrogen and oxygen atoms in total. The average molecular weight is 379 g/mol. The van der Waals surface area contributed by atoms with Crippen LogP contribution < -0.4 is 10.6 Å². The van der Waals surface area contributed by atoms with E-state index in [4.69, 9.17) is 9.52 Å². The number of furan rings is 1. The molecule has 3 N–H and O–H groups in total. The first kappa shape index (κ1) is 17.0. The quantitative estimate of drug-likeness (QED) is 0.669. The van der Waals surface area contributed by atoms with Gasteiger partial charge in [0.1, 0.15) is 11.5 Å². The first-order valence-electron chi connectivity index (χ1n) is 6.81. The Bertz CT molecular complexity index is 693. The van der Waals surface area contributed by atoms with Crippen molar-refractivity contribution in [3.63, 3.8) is 0 Å². The molecule has 0 fully saturated rings. The number of amides is 2. The van der Waals surface area contributed by atoms with Gasteiger partial charge in [-0.3, -0.25) is 9.59 Å². The highest BCUT2D eigenvalue weighted by atomic mass is 79.9. The van der Waals surface area contributed by atoms with Gasteiger partial charge in [0, 0.05) is 22.7 Å². The number of aliphatic hydroxyl groups excluding tert-OH is 1. The fraction of sp³-hybridized carbons (Fsp3) is 0.125. The molecule has 0 bridgehead atoms. The largest absolute Gasteiger partial charge is 0.465 e. The van der Waals surface area contributed by atoms with Gasteiger partial charge >= 0.3 is 0 Å². The second kappa shape index (κ2) is 8.30. The van der Waals surface area contributed by atoms with Gasteiger partial charge in [-0.2, -0.15) is 0 Å². The third kappa shape index (κ3) is 5.08. The molecule has 0 saturated heterocycles. The zero-order valence-corrected chi connectivity index (χ0v) is 13.7. The molecule has 2 amide bonds. The molecule has 23 heavy (non-hydrogen) atoms. The van der Waals surface area contributed by atoms with Crippen LogP contribution in [0.15, 0.2) is 57.2 Å². The third-order valence-corrected chi connectivity index (χ3v) is 3.36. The zero-order chi connectivity index (χ0) is 16.7. The number of hydrogen-bond acceptors (Lipinski definition) is 4. The molecule has 1 aromatic carbocycles. The lowest BCUT2D eigenvalue weighted by atomic mass is 10.2. The summed E-state index contributed by atoms with van der Waals surface area (Å²) in [5.74, 6) is -0.509. The summed E-state index contributed by atoms with van der Waals surface area (Å²) in [4.78, 5) is 24.3. The Morgan fingerprint density at radius 3 is 2.57 bits per heavy atom. The number of aliphatic hydroxyl groups is 1. The van der Waals surface area contributed by atoms with Crippen molar-refractivity contribution in [2.75, 3.05) is 13.2 Å². The van der Waals surface area contributed by atoms with Gasteiger partial charge in [-0.15, -0.1) is 0 Å². The number of nitrogens with one attached hydrogen (secondary N) is 2. The Hall–Kier alpha value is -2.38. The Morgan fingerprint density at radius 2 is 1.96 bits per heavy atom. The van der Waals surface area contributed by atoms with E-state index < -0.39 is 11.8 Å². The van der Waals surface area contributed by atoms with Crippen LogP contribution in [-0.4, -0.2) is 30.1 Å². The number of benzene rings is 1. The van der Waals surface area contributed by atoms with Crippen molar-refractivity contribution in [3.8, 4) is 0 Å². The van der Waals surface area contributed by atoms with Crippen LogP contribution in [0.25, 0.3) is 6.08 Å². The van der Waals surface area contributed by atoms with Crippen molar-refractivity contribution < 1.29 is 19.1 Å². The second-order valence-corrected chi connectivity index (χ2v) is 5.43. The summed E-state index contributed by atoms with van der Waals surface area (Å²) >= 11 is 3.29. The predicted octanol–water partition coefficient (Wildman–Crippen LogP) is 1.92. The molecule has 2 rings (SSSR count). The fourth-order valence-electron chi connectivity index (χ4n) is 1.73. The number of rotatable bonds is 6. The molecule has 0 unspecified atom stereocenters. The fourth-order valence-corrected chi connectivity index (χ4v) is 2.00. The highest BCUT2D eigenvalue weighted by molar-refractivity contribution is 9.10. The minimum absolute atomic E-state index is 0.0290. The van der Waals surface area contributed by atoms with Crippen LogP contribution in [0.2, 0.25) is 0 Å². The first-order valence-corrected chi connectivity index (χ1v) is 7.60. The number of hydrogen-bond donors (Lipinski definition) is 3. The van der Waals surface area contributed by atoms with Crippen molar-refractivity contribution in [3.05, 3.63) is 64.2 Å². The van der Waals surface area contributed by atoms with E-state index in [0.717, 1.165) is 4.47 Å². The van der Waals surface area contributed by atoms with Crippen LogP contribution in [0.3, 0.4) is 0 Å². The van der Waals surface area contributed by atoms with Gasteiger partial charge in [0.2, 0.25) is 0 Å². The molecule has 0 spiro atoms. The van der Waals surface area contributed by atoms with Crippen LogP contribution in [0.4, 0.5) is 0 Å². The molecule has 7 heteroatoms. The molecule has 120 valence electrons. The maximum absolute atomic E-state index is 12.2.